The van der Waals surface area contributed by atoms with Gasteiger partial charge in [-0.05, 0) is 38.0 Å². The number of ketones is 1. The van der Waals surface area contributed by atoms with Crippen LogP contribution in [0.15, 0.2) is 18.2 Å². The Labute approximate surface area is 88.7 Å². The van der Waals surface area contributed by atoms with Gasteiger partial charge in [-0.15, -0.1) is 0 Å². The fourth-order valence-corrected chi connectivity index (χ4v) is 1.67. The zero-order valence-electron chi connectivity index (χ0n) is 8.96. The predicted molar refractivity (Wildman–Crippen MR) is 57.8 cm³/mol. The van der Waals surface area contributed by atoms with Crippen molar-refractivity contribution in [1.82, 2.24) is 0 Å². The summed E-state index contributed by atoms with van der Waals surface area (Å²) in [6, 6.07) is 5.16. The van der Waals surface area contributed by atoms with Gasteiger partial charge < -0.3 is 4.90 Å². The van der Waals surface area contributed by atoms with Crippen molar-refractivity contribution < 1.29 is 9.18 Å². The van der Waals surface area contributed by atoms with E-state index >= 15 is 0 Å². The molecule has 1 aliphatic rings. The SMILES string of the molecule is CC(=O)c1ccc(N(C)C2CC2)c(F)c1. The molecule has 2 rings (SSSR count). The number of rotatable bonds is 3. The highest BCUT2D eigenvalue weighted by molar-refractivity contribution is 5.94. The fourth-order valence-electron chi connectivity index (χ4n) is 1.67. The molecule has 15 heavy (non-hydrogen) atoms. The number of halogens is 1. The molecule has 0 amide bonds. The number of hydrogen-bond donors (Lipinski definition) is 0. The minimum Gasteiger partial charge on any atom is -0.369 e. The number of carbonyl (C=O) groups excluding carboxylic acids is 1. The summed E-state index contributed by atoms with van der Waals surface area (Å²) in [7, 11) is 1.89. The third kappa shape index (κ3) is 2.01. The summed E-state index contributed by atoms with van der Waals surface area (Å²) in [5, 5.41) is 0. The molecule has 1 saturated carbocycles. The maximum atomic E-state index is 13.7. The Kier molecular flexibility index (Phi) is 2.47. The molecule has 0 radical (unpaired) electrons. The van der Waals surface area contributed by atoms with Crippen LogP contribution in [0.5, 0.6) is 0 Å². The van der Waals surface area contributed by atoms with E-state index in [4.69, 9.17) is 0 Å². The molecule has 0 aliphatic heterocycles. The second-order valence-corrected chi connectivity index (χ2v) is 4.06. The first-order valence-electron chi connectivity index (χ1n) is 5.13. The zero-order valence-corrected chi connectivity index (χ0v) is 8.96. The summed E-state index contributed by atoms with van der Waals surface area (Å²) >= 11 is 0. The van der Waals surface area contributed by atoms with Crippen molar-refractivity contribution in [3.05, 3.63) is 29.6 Å². The normalized spacial score (nSPS) is 15.1. The molecule has 0 bridgehead atoms. The molecule has 1 aliphatic carbocycles. The van der Waals surface area contributed by atoms with Crippen molar-refractivity contribution in [2.75, 3.05) is 11.9 Å². The maximum absolute atomic E-state index is 13.7. The van der Waals surface area contributed by atoms with E-state index in [2.05, 4.69) is 0 Å². The van der Waals surface area contributed by atoms with E-state index in [1.807, 2.05) is 11.9 Å². The standard InChI is InChI=1S/C12H14FNO/c1-8(15)9-3-6-12(11(13)7-9)14(2)10-4-5-10/h3,6-7,10H,4-5H2,1-2H3. The van der Waals surface area contributed by atoms with Gasteiger partial charge in [0, 0.05) is 18.7 Å². The van der Waals surface area contributed by atoms with Gasteiger partial charge in [-0.1, -0.05) is 0 Å². The minimum atomic E-state index is -0.308. The van der Waals surface area contributed by atoms with Crippen molar-refractivity contribution in [2.24, 2.45) is 0 Å². The number of carbonyl (C=O) groups is 1. The molecule has 0 aromatic heterocycles. The molecule has 0 heterocycles. The topological polar surface area (TPSA) is 20.3 Å². The van der Waals surface area contributed by atoms with E-state index in [1.54, 1.807) is 12.1 Å². The second-order valence-electron chi connectivity index (χ2n) is 4.06. The lowest BCUT2D eigenvalue weighted by atomic mass is 10.1. The molecule has 0 atom stereocenters. The molecule has 1 aromatic rings. The largest absolute Gasteiger partial charge is 0.369 e. The van der Waals surface area contributed by atoms with Crippen molar-refractivity contribution in [3.63, 3.8) is 0 Å². The number of nitrogens with zero attached hydrogens (tertiary/aromatic N) is 1. The van der Waals surface area contributed by atoms with E-state index < -0.39 is 0 Å². The first kappa shape index (κ1) is 10.1. The van der Waals surface area contributed by atoms with E-state index in [1.165, 1.54) is 13.0 Å². The van der Waals surface area contributed by atoms with Gasteiger partial charge in [-0.2, -0.15) is 0 Å². The van der Waals surface area contributed by atoms with Crippen LogP contribution in [0, 0.1) is 5.82 Å². The number of benzene rings is 1. The van der Waals surface area contributed by atoms with Gasteiger partial charge in [-0.3, -0.25) is 4.79 Å². The van der Waals surface area contributed by atoms with Gasteiger partial charge in [0.1, 0.15) is 5.82 Å². The molecule has 0 spiro atoms. The van der Waals surface area contributed by atoms with Crippen LogP contribution in [0.1, 0.15) is 30.1 Å². The van der Waals surface area contributed by atoms with Gasteiger partial charge >= 0.3 is 0 Å². The highest BCUT2D eigenvalue weighted by Gasteiger charge is 2.27. The van der Waals surface area contributed by atoms with Crippen molar-refractivity contribution in [2.45, 2.75) is 25.8 Å². The van der Waals surface area contributed by atoms with E-state index in [0.717, 1.165) is 12.8 Å². The molecule has 80 valence electrons. The molecule has 1 aromatic carbocycles. The number of Topliss-reactive ketones (excluding diaryl/α,β-unsaturated/α-hetero) is 1. The summed E-state index contributed by atoms with van der Waals surface area (Å²) < 4.78 is 13.7. The molecule has 0 N–H and O–H groups in total. The Morgan fingerprint density at radius 3 is 2.60 bits per heavy atom. The molecule has 0 saturated heterocycles. The van der Waals surface area contributed by atoms with Crippen LogP contribution in [0.3, 0.4) is 0 Å². The second kappa shape index (κ2) is 3.65. The van der Waals surface area contributed by atoms with Crippen LogP contribution in [0.2, 0.25) is 0 Å². The highest BCUT2D eigenvalue weighted by atomic mass is 19.1. The van der Waals surface area contributed by atoms with Crippen LogP contribution in [0.4, 0.5) is 10.1 Å². The average Bonchev–Trinajstić information content (AvgIpc) is 2.99. The Hall–Kier alpha value is -1.38. The molecule has 2 nitrogen and oxygen atoms in total. The Morgan fingerprint density at radius 2 is 2.13 bits per heavy atom. The Morgan fingerprint density at radius 1 is 1.47 bits per heavy atom. The summed E-state index contributed by atoms with van der Waals surface area (Å²) in [5.74, 6) is -0.411. The van der Waals surface area contributed by atoms with Crippen LogP contribution >= 0.6 is 0 Å². The van der Waals surface area contributed by atoms with Crippen molar-refractivity contribution in [1.29, 1.82) is 0 Å². The lowest BCUT2D eigenvalue weighted by molar-refractivity contribution is 0.101. The summed E-state index contributed by atoms with van der Waals surface area (Å²) in [6.45, 7) is 1.44. The smallest absolute Gasteiger partial charge is 0.159 e. The van der Waals surface area contributed by atoms with Crippen LogP contribution in [-0.2, 0) is 0 Å². The molecule has 3 heteroatoms. The van der Waals surface area contributed by atoms with E-state index in [-0.39, 0.29) is 11.6 Å². The van der Waals surface area contributed by atoms with Gasteiger partial charge in [0.2, 0.25) is 0 Å². The first-order valence-corrected chi connectivity index (χ1v) is 5.13. The summed E-state index contributed by atoms with van der Waals surface area (Å²) in [4.78, 5) is 13.0. The van der Waals surface area contributed by atoms with Gasteiger partial charge in [-0.25, -0.2) is 4.39 Å². The van der Waals surface area contributed by atoms with Crippen molar-refractivity contribution >= 4 is 11.5 Å². The quantitative estimate of drug-likeness (QED) is 0.710. The van der Waals surface area contributed by atoms with Crippen LogP contribution in [0.25, 0.3) is 0 Å². The van der Waals surface area contributed by atoms with E-state index in [0.29, 0.717) is 17.3 Å². The molecule has 1 fully saturated rings. The Balaban J connectivity index is 2.29. The molecular weight excluding hydrogens is 193 g/mol. The number of hydrogen-bond acceptors (Lipinski definition) is 2. The predicted octanol–water partition coefficient (Wildman–Crippen LogP) is 2.63. The van der Waals surface area contributed by atoms with Crippen LogP contribution < -0.4 is 4.90 Å². The monoisotopic (exact) mass is 207 g/mol. The van der Waals surface area contributed by atoms with Crippen LogP contribution in [-0.4, -0.2) is 18.9 Å². The van der Waals surface area contributed by atoms with Gasteiger partial charge in [0.15, 0.2) is 5.78 Å². The summed E-state index contributed by atoms with van der Waals surface area (Å²) in [5.41, 5.74) is 1.02. The lowest BCUT2D eigenvalue weighted by Gasteiger charge is -2.19. The van der Waals surface area contributed by atoms with Gasteiger partial charge in [0.25, 0.3) is 0 Å². The first-order chi connectivity index (χ1) is 7.09. The Bertz CT molecular complexity index is 399. The number of anilines is 1. The third-order valence-corrected chi connectivity index (χ3v) is 2.83. The zero-order chi connectivity index (χ0) is 11.0. The fraction of sp³-hybridized carbons (Fsp3) is 0.417. The maximum Gasteiger partial charge on any atom is 0.159 e. The van der Waals surface area contributed by atoms with E-state index in [9.17, 15) is 9.18 Å². The minimum absolute atomic E-state index is 0.102. The lowest BCUT2D eigenvalue weighted by Crippen LogP contribution is -2.20. The summed E-state index contributed by atoms with van der Waals surface area (Å²) in [6.07, 6.45) is 2.26. The molecule has 0 unspecified atom stereocenters. The van der Waals surface area contributed by atoms with Gasteiger partial charge in [0.05, 0.1) is 5.69 Å². The average molecular weight is 207 g/mol. The highest BCUT2D eigenvalue weighted by Crippen LogP contribution is 2.31. The molecular formula is C12H14FNO. The third-order valence-electron chi connectivity index (χ3n) is 2.83. The van der Waals surface area contributed by atoms with Crippen molar-refractivity contribution in [3.8, 4) is 0 Å².